The summed E-state index contributed by atoms with van der Waals surface area (Å²) in [5, 5.41) is 0. The lowest BCUT2D eigenvalue weighted by atomic mass is 10.0. The van der Waals surface area contributed by atoms with E-state index >= 15 is 0 Å². The van der Waals surface area contributed by atoms with Crippen LogP contribution in [0, 0.1) is 0 Å². The van der Waals surface area contributed by atoms with Crippen LogP contribution < -0.4 is 15.4 Å². The highest BCUT2D eigenvalue weighted by Gasteiger charge is 2.31. The van der Waals surface area contributed by atoms with Crippen LogP contribution in [0.3, 0.4) is 0 Å². The van der Waals surface area contributed by atoms with Crippen molar-refractivity contribution < 1.29 is 4.74 Å². The molecule has 2 aliphatic rings. The van der Waals surface area contributed by atoms with E-state index in [1.165, 1.54) is 25.9 Å². The van der Waals surface area contributed by atoms with Crippen LogP contribution in [0.4, 0.5) is 11.4 Å². The molecule has 0 bridgehead atoms. The fourth-order valence-electron chi connectivity index (χ4n) is 3.21. The van der Waals surface area contributed by atoms with E-state index in [1.54, 1.807) is 0 Å². The summed E-state index contributed by atoms with van der Waals surface area (Å²) >= 11 is 0. The molecule has 3 rings (SSSR count). The van der Waals surface area contributed by atoms with E-state index in [1.807, 2.05) is 18.2 Å². The van der Waals surface area contributed by atoms with Gasteiger partial charge in [-0.2, -0.15) is 0 Å². The molecule has 2 heterocycles. The van der Waals surface area contributed by atoms with Crippen molar-refractivity contribution in [1.29, 1.82) is 0 Å². The van der Waals surface area contributed by atoms with Gasteiger partial charge in [0.25, 0.3) is 0 Å². The number of hydrogen-bond acceptors (Lipinski definition) is 4. The van der Waals surface area contributed by atoms with Crippen molar-refractivity contribution >= 4 is 11.4 Å². The van der Waals surface area contributed by atoms with Crippen LogP contribution in [-0.2, 0) is 0 Å². The third kappa shape index (κ3) is 2.85. The maximum absolute atomic E-state index is 6.07. The van der Waals surface area contributed by atoms with Crippen molar-refractivity contribution in [3.63, 3.8) is 0 Å². The Kier molecular flexibility index (Phi) is 3.50. The molecule has 0 amide bonds. The van der Waals surface area contributed by atoms with Crippen LogP contribution in [0.1, 0.15) is 26.7 Å². The van der Waals surface area contributed by atoms with Gasteiger partial charge in [-0.25, -0.2) is 0 Å². The monoisotopic (exact) mass is 275 g/mol. The van der Waals surface area contributed by atoms with Crippen molar-refractivity contribution in [3.05, 3.63) is 18.2 Å². The minimum absolute atomic E-state index is 0.145. The molecule has 0 atom stereocenters. The van der Waals surface area contributed by atoms with Gasteiger partial charge < -0.3 is 20.3 Å². The van der Waals surface area contributed by atoms with E-state index in [-0.39, 0.29) is 5.60 Å². The third-order valence-electron chi connectivity index (χ3n) is 4.17. The summed E-state index contributed by atoms with van der Waals surface area (Å²) in [6, 6.07) is 5.95. The minimum Gasteiger partial charge on any atom is -0.484 e. The van der Waals surface area contributed by atoms with E-state index in [4.69, 9.17) is 10.5 Å². The number of hydrogen-bond donors (Lipinski definition) is 1. The zero-order chi connectivity index (χ0) is 14.2. The number of nitrogen functional groups attached to an aromatic ring is 1. The van der Waals surface area contributed by atoms with Gasteiger partial charge in [0.2, 0.25) is 0 Å². The highest BCUT2D eigenvalue weighted by molar-refractivity contribution is 5.66. The maximum atomic E-state index is 6.07. The van der Waals surface area contributed by atoms with Gasteiger partial charge in [-0.3, -0.25) is 0 Å². The molecule has 4 heteroatoms. The third-order valence-corrected chi connectivity index (χ3v) is 4.17. The Balaban J connectivity index is 1.76. The van der Waals surface area contributed by atoms with Gasteiger partial charge in [0.05, 0.1) is 12.2 Å². The number of ether oxygens (including phenoxy) is 1. The molecular weight excluding hydrogens is 250 g/mol. The molecule has 1 aromatic carbocycles. The lowest BCUT2D eigenvalue weighted by molar-refractivity contribution is 0.104. The molecule has 0 radical (unpaired) electrons. The van der Waals surface area contributed by atoms with Crippen molar-refractivity contribution in [3.8, 4) is 5.75 Å². The first-order chi connectivity index (χ1) is 9.53. The molecule has 0 unspecified atom stereocenters. The molecule has 2 N–H and O–H groups in total. The number of benzene rings is 1. The standard InChI is InChI=1S/C16H25N3O/c1-16(2)12-19(10-9-18-7-3-4-8-18)14-11-13(17)5-6-15(14)20-16/h5-6,11H,3-4,7-10,12,17H2,1-2H3. The van der Waals surface area contributed by atoms with E-state index in [0.29, 0.717) is 0 Å². The highest BCUT2D eigenvalue weighted by Crippen LogP contribution is 2.38. The Bertz CT molecular complexity index is 481. The molecule has 1 saturated heterocycles. The van der Waals surface area contributed by atoms with Gasteiger partial charge in [0.1, 0.15) is 11.4 Å². The number of fused-ring (bicyclic) bond motifs is 1. The Morgan fingerprint density at radius 2 is 1.95 bits per heavy atom. The molecule has 4 nitrogen and oxygen atoms in total. The van der Waals surface area contributed by atoms with Crippen LogP contribution in [0.5, 0.6) is 5.75 Å². The normalized spacial score (nSPS) is 21.6. The molecule has 0 aromatic heterocycles. The number of likely N-dealkylation sites (tertiary alicyclic amines) is 1. The number of anilines is 2. The van der Waals surface area contributed by atoms with Crippen molar-refractivity contribution in [2.75, 3.05) is 43.4 Å². The quantitative estimate of drug-likeness (QED) is 0.860. The predicted molar refractivity (Wildman–Crippen MR) is 83.4 cm³/mol. The molecular formula is C16H25N3O. The second-order valence-electron chi connectivity index (χ2n) is 6.56. The Hall–Kier alpha value is -1.42. The van der Waals surface area contributed by atoms with Crippen molar-refractivity contribution in [2.24, 2.45) is 0 Å². The molecule has 0 aliphatic carbocycles. The minimum atomic E-state index is -0.145. The maximum Gasteiger partial charge on any atom is 0.143 e. The summed E-state index contributed by atoms with van der Waals surface area (Å²) in [7, 11) is 0. The van der Waals surface area contributed by atoms with Crippen LogP contribution in [0.25, 0.3) is 0 Å². The average molecular weight is 275 g/mol. The lowest BCUT2D eigenvalue weighted by Crippen LogP contribution is -2.48. The van der Waals surface area contributed by atoms with Gasteiger partial charge in [-0.1, -0.05) is 0 Å². The van der Waals surface area contributed by atoms with Gasteiger partial charge in [-0.05, 0) is 58.0 Å². The van der Waals surface area contributed by atoms with E-state index in [0.717, 1.165) is 36.8 Å². The number of nitrogens with zero attached hydrogens (tertiary/aromatic N) is 2. The van der Waals surface area contributed by atoms with Gasteiger partial charge in [0.15, 0.2) is 0 Å². The molecule has 20 heavy (non-hydrogen) atoms. The summed E-state index contributed by atoms with van der Waals surface area (Å²) < 4.78 is 6.07. The van der Waals surface area contributed by atoms with E-state index < -0.39 is 0 Å². The fraction of sp³-hybridized carbons (Fsp3) is 0.625. The second kappa shape index (κ2) is 5.17. The van der Waals surface area contributed by atoms with Crippen LogP contribution in [0.15, 0.2) is 18.2 Å². The predicted octanol–water partition coefficient (Wildman–Crippen LogP) is 2.34. The van der Waals surface area contributed by atoms with Crippen molar-refractivity contribution in [2.45, 2.75) is 32.3 Å². The topological polar surface area (TPSA) is 41.7 Å². The van der Waals surface area contributed by atoms with Crippen LogP contribution >= 0.6 is 0 Å². The number of rotatable bonds is 3. The Morgan fingerprint density at radius 3 is 2.70 bits per heavy atom. The molecule has 0 spiro atoms. The Labute approximate surface area is 121 Å². The van der Waals surface area contributed by atoms with Crippen molar-refractivity contribution in [1.82, 2.24) is 4.90 Å². The largest absolute Gasteiger partial charge is 0.484 e. The lowest BCUT2D eigenvalue weighted by Gasteiger charge is -2.41. The SMILES string of the molecule is CC1(C)CN(CCN2CCCC2)c2cc(N)ccc2O1. The summed E-state index contributed by atoms with van der Waals surface area (Å²) in [4.78, 5) is 4.97. The Morgan fingerprint density at radius 1 is 1.20 bits per heavy atom. The molecule has 1 aromatic rings. The van der Waals surface area contributed by atoms with Gasteiger partial charge in [0, 0.05) is 18.8 Å². The van der Waals surface area contributed by atoms with E-state index in [9.17, 15) is 0 Å². The molecule has 2 aliphatic heterocycles. The average Bonchev–Trinajstić information content (AvgIpc) is 2.89. The van der Waals surface area contributed by atoms with Gasteiger partial charge >= 0.3 is 0 Å². The second-order valence-corrected chi connectivity index (χ2v) is 6.56. The molecule has 110 valence electrons. The first-order valence-corrected chi connectivity index (χ1v) is 7.59. The number of nitrogens with two attached hydrogens (primary N) is 1. The van der Waals surface area contributed by atoms with Gasteiger partial charge in [-0.15, -0.1) is 0 Å². The summed E-state index contributed by atoms with van der Waals surface area (Å²) in [6.07, 6.45) is 2.69. The highest BCUT2D eigenvalue weighted by atomic mass is 16.5. The molecule has 0 saturated carbocycles. The van der Waals surface area contributed by atoms with Crippen LogP contribution in [-0.4, -0.2) is 43.2 Å². The molecule has 1 fully saturated rings. The first kappa shape index (κ1) is 13.6. The first-order valence-electron chi connectivity index (χ1n) is 7.59. The zero-order valence-corrected chi connectivity index (χ0v) is 12.6. The zero-order valence-electron chi connectivity index (χ0n) is 12.6. The summed E-state index contributed by atoms with van der Waals surface area (Å²) in [6.45, 7) is 9.88. The smallest absolute Gasteiger partial charge is 0.143 e. The fourth-order valence-corrected chi connectivity index (χ4v) is 3.21. The summed E-state index contributed by atoms with van der Waals surface area (Å²) in [5.74, 6) is 0.955. The summed E-state index contributed by atoms with van der Waals surface area (Å²) in [5.41, 5.74) is 7.74. The van der Waals surface area contributed by atoms with E-state index in [2.05, 4.69) is 23.6 Å². The van der Waals surface area contributed by atoms with Crippen LogP contribution in [0.2, 0.25) is 0 Å².